The molecule has 2 N–H and O–H groups in total. The molecule has 0 unspecified atom stereocenters. The molecule has 76 valence electrons. The highest BCUT2D eigenvalue weighted by atomic mass is 31.1. The molecule has 3 heteroatoms. The van der Waals surface area contributed by atoms with E-state index in [4.69, 9.17) is 10.2 Å². The van der Waals surface area contributed by atoms with Crippen molar-refractivity contribution in [2.45, 2.75) is 0 Å². The van der Waals surface area contributed by atoms with Crippen LogP contribution in [0.4, 0.5) is 0 Å². The van der Waals surface area contributed by atoms with Crippen LogP contribution in [0.1, 0.15) is 0 Å². The number of rotatable bonds is 2. The van der Waals surface area contributed by atoms with Crippen LogP contribution in [0, 0.1) is 0 Å². The van der Waals surface area contributed by atoms with E-state index in [0.717, 1.165) is 0 Å². The highest BCUT2D eigenvalue weighted by Gasteiger charge is 1.96. The van der Waals surface area contributed by atoms with Gasteiger partial charge in [-0.25, -0.2) is 0 Å². The minimum Gasteiger partial charge on any atom is -0.508 e. The molecule has 0 amide bonds. The molecule has 2 aromatic rings. The van der Waals surface area contributed by atoms with E-state index in [0.29, 0.717) is 8.58 Å². The Bertz CT molecular complexity index is 391. The fourth-order valence-electron chi connectivity index (χ4n) is 1.26. The molecule has 2 rings (SSSR count). The van der Waals surface area contributed by atoms with E-state index in [1.165, 1.54) is 10.6 Å². The molecule has 0 atom stereocenters. The molecule has 0 fully saturated rings. The summed E-state index contributed by atoms with van der Waals surface area (Å²) in [7, 11) is 0.547. The molecule has 15 heavy (non-hydrogen) atoms. The molecule has 0 aromatic heterocycles. The lowest BCUT2D eigenvalue weighted by atomic mass is 10.3. The summed E-state index contributed by atoms with van der Waals surface area (Å²) in [6.45, 7) is 0. The fraction of sp³-hybridized carbons (Fsp3) is 0. The second kappa shape index (κ2) is 4.33. The van der Waals surface area contributed by atoms with Gasteiger partial charge in [-0.05, 0) is 34.9 Å². The Morgan fingerprint density at radius 3 is 1.27 bits per heavy atom. The molecule has 2 aromatic carbocycles. The van der Waals surface area contributed by atoms with Crippen molar-refractivity contribution in [2.24, 2.45) is 0 Å². The Hall–Kier alpha value is -1.53. The lowest BCUT2D eigenvalue weighted by molar-refractivity contribution is 0.475. The molecular formula is C12H11O2P. The molecule has 0 aliphatic rings. The first-order chi connectivity index (χ1) is 7.24. The van der Waals surface area contributed by atoms with Crippen molar-refractivity contribution in [2.75, 3.05) is 0 Å². The van der Waals surface area contributed by atoms with Crippen molar-refractivity contribution in [3.05, 3.63) is 48.5 Å². The standard InChI is InChI=1S/C12H11O2P/c13-9-1-5-11(6-2-9)15-12-7-3-10(14)4-8-12/h1-8,13-15H. The van der Waals surface area contributed by atoms with E-state index in [-0.39, 0.29) is 11.5 Å². The first-order valence-electron chi connectivity index (χ1n) is 4.59. The third-order valence-corrected chi connectivity index (χ3v) is 3.27. The minimum atomic E-state index is 0.286. The zero-order valence-electron chi connectivity index (χ0n) is 8.01. The van der Waals surface area contributed by atoms with Crippen LogP contribution in [0.15, 0.2) is 48.5 Å². The lowest BCUT2D eigenvalue weighted by Gasteiger charge is -2.02. The second-order valence-electron chi connectivity index (χ2n) is 3.22. The van der Waals surface area contributed by atoms with E-state index in [1.54, 1.807) is 24.3 Å². The molecule has 0 saturated heterocycles. The van der Waals surface area contributed by atoms with Gasteiger partial charge in [0.25, 0.3) is 0 Å². The van der Waals surface area contributed by atoms with Crippen LogP contribution in [0.2, 0.25) is 0 Å². The minimum absolute atomic E-state index is 0.286. The van der Waals surface area contributed by atoms with Crippen LogP contribution in [-0.4, -0.2) is 10.2 Å². The van der Waals surface area contributed by atoms with E-state index >= 15 is 0 Å². The van der Waals surface area contributed by atoms with Crippen molar-refractivity contribution in [1.29, 1.82) is 0 Å². The SMILES string of the molecule is Oc1ccc(Pc2ccc(O)cc2)cc1. The molecule has 0 radical (unpaired) electrons. The van der Waals surface area contributed by atoms with Gasteiger partial charge in [0.1, 0.15) is 11.5 Å². The average molecular weight is 218 g/mol. The van der Waals surface area contributed by atoms with Crippen molar-refractivity contribution in [1.82, 2.24) is 0 Å². The number of benzene rings is 2. The van der Waals surface area contributed by atoms with Gasteiger partial charge in [-0.3, -0.25) is 0 Å². The normalized spacial score (nSPS) is 10.1. The maximum Gasteiger partial charge on any atom is 0.115 e. The summed E-state index contributed by atoms with van der Waals surface area (Å²) >= 11 is 0. The summed E-state index contributed by atoms with van der Waals surface area (Å²) in [5.74, 6) is 0.573. The Kier molecular flexibility index (Phi) is 2.89. The van der Waals surface area contributed by atoms with E-state index in [1.807, 2.05) is 24.3 Å². The fourth-order valence-corrected chi connectivity index (χ4v) is 2.26. The number of phenols is 2. The predicted octanol–water partition coefficient (Wildman–Crippen LogP) is 1.73. The van der Waals surface area contributed by atoms with Crippen LogP contribution in [-0.2, 0) is 0 Å². The van der Waals surface area contributed by atoms with Crippen molar-refractivity contribution in [3.8, 4) is 11.5 Å². The largest absolute Gasteiger partial charge is 0.508 e. The first kappa shape index (κ1) is 10.0. The van der Waals surface area contributed by atoms with Gasteiger partial charge in [-0.2, -0.15) is 0 Å². The number of aromatic hydroxyl groups is 2. The van der Waals surface area contributed by atoms with Gasteiger partial charge in [0.05, 0.1) is 0 Å². The maximum absolute atomic E-state index is 9.13. The van der Waals surface area contributed by atoms with Crippen molar-refractivity contribution >= 4 is 19.2 Å². The average Bonchev–Trinajstić information content (AvgIpc) is 2.25. The van der Waals surface area contributed by atoms with Gasteiger partial charge in [0.15, 0.2) is 0 Å². The van der Waals surface area contributed by atoms with Crippen LogP contribution in [0.3, 0.4) is 0 Å². The lowest BCUT2D eigenvalue weighted by Crippen LogP contribution is -2.01. The summed E-state index contributed by atoms with van der Waals surface area (Å²) in [5, 5.41) is 20.6. The van der Waals surface area contributed by atoms with E-state index < -0.39 is 0 Å². The summed E-state index contributed by atoms with van der Waals surface area (Å²) in [6.07, 6.45) is 0. The molecule has 0 aliphatic heterocycles. The third kappa shape index (κ3) is 2.71. The maximum atomic E-state index is 9.13. The van der Waals surface area contributed by atoms with Crippen LogP contribution < -0.4 is 10.6 Å². The summed E-state index contributed by atoms with van der Waals surface area (Å²) < 4.78 is 0. The van der Waals surface area contributed by atoms with E-state index in [2.05, 4.69) is 0 Å². The monoisotopic (exact) mass is 218 g/mol. The Morgan fingerprint density at radius 1 is 0.600 bits per heavy atom. The Balaban J connectivity index is 2.15. The number of hydrogen-bond acceptors (Lipinski definition) is 2. The first-order valence-corrected chi connectivity index (χ1v) is 5.59. The molecule has 0 spiro atoms. The Morgan fingerprint density at radius 2 is 0.933 bits per heavy atom. The molecule has 0 saturated carbocycles. The Labute approximate surface area is 90.0 Å². The molecule has 0 aliphatic carbocycles. The quantitative estimate of drug-likeness (QED) is 0.753. The van der Waals surface area contributed by atoms with Crippen LogP contribution in [0.5, 0.6) is 11.5 Å². The smallest absolute Gasteiger partial charge is 0.115 e. The highest BCUT2D eigenvalue weighted by molar-refractivity contribution is 7.55. The van der Waals surface area contributed by atoms with Gasteiger partial charge in [0.2, 0.25) is 0 Å². The molecule has 0 heterocycles. The zero-order chi connectivity index (χ0) is 10.7. The number of phenolic OH excluding ortho intramolecular Hbond substituents is 2. The summed E-state index contributed by atoms with van der Waals surface area (Å²) in [5.41, 5.74) is 0. The summed E-state index contributed by atoms with van der Waals surface area (Å²) in [6, 6.07) is 14.3. The van der Waals surface area contributed by atoms with Gasteiger partial charge in [-0.1, -0.05) is 32.8 Å². The third-order valence-electron chi connectivity index (χ3n) is 2.02. The van der Waals surface area contributed by atoms with Gasteiger partial charge < -0.3 is 10.2 Å². The molecular weight excluding hydrogens is 207 g/mol. The van der Waals surface area contributed by atoms with Crippen LogP contribution in [0.25, 0.3) is 0 Å². The molecule has 0 bridgehead atoms. The van der Waals surface area contributed by atoms with Crippen molar-refractivity contribution < 1.29 is 10.2 Å². The van der Waals surface area contributed by atoms with E-state index in [9.17, 15) is 0 Å². The second-order valence-corrected chi connectivity index (χ2v) is 4.62. The van der Waals surface area contributed by atoms with Crippen LogP contribution >= 0.6 is 8.58 Å². The highest BCUT2D eigenvalue weighted by Crippen LogP contribution is 2.15. The van der Waals surface area contributed by atoms with Gasteiger partial charge >= 0.3 is 0 Å². The topological polar surface area (TPSA) is 40.5 Å². The molecule has 2 nitrogen and oxygen atoms in total. The predicted molar refractivity (Wildman–Crippen MR) is 63.8 cm³/mol. The summed E-state index contributed by atoms with van der Waals surface area (Å²) in [4.78, 5) is 0. The van der Waals surface area contributed by atoms with Gasteiger partial charge in [-0.15, -0.1) is 0 Å². The number of hydrogen-bond donors (Lipinski definition) is 2. The van der Waals surface area contributed by atoms with Crippen molar-refractivity contribution in [3.63, 3.8) is 0 Å². The zero-order valence-corrected chi connectivity index (χ0v) is 9.01. The van der Waals surface area contributed by atoms with Gasteiger partial charge in [0, 0.05) is 0 Å².